The SMILES string of the molecule is CC(=O)O.OCc1cc([C@@H](O)CNCCCCCOCCOCc2c(Cl)cccc2Cl)ccc1O. The van der Waals surface area contributed by atoms with Gasteiger partial charge in [0.15, 0.2) is 0 Å². The number of hydrogen-bond donors (Lipinski definition) is 5. The van der Waals surface area contributed by atoms with Gasteiger partial charge in [0.2, 0.25) is 0 Å². The molecule has 196 valence electrons. The zero-order valence-corrected chi connectivity index (χ0v) is 21.4. The van der Waals surface area contributed by atoms with Crippen molar-refractivity contribution in [2.45, 2.75) is 45.5 Å². The molecule has 2 rings (SSSR count). The van der Waals surface area contributed by atoms with E-state index in [-0.39, 0.29) is 12.4 Å². The zero-order chi connectivity index (χ0) is 26.1. The summed E-state index contributed by atoms with van der Waals surface area (Å²) in [5, 5.41) is 40.8. The number of rotatable bonds is 15. The van der Waals surface area contributed by atoms with Gasteiger partial charge in [-0.05, 0) is 55.6 Å². The fourth-order valence-electron chi connectivity index (χ4n) is 2.99. The number of carboxylic acids is 1. The molecular formula is C25H35Cl2NO7. The second-order valence-corrected chi connectivity index (χ2v) is 8.53. The van der Waals surface area contributed by atoms with Crippen LogP contribution in [0.3, 0.4) is 0 Å². The van der Waals surface area contributed by atoms with E-state index in [0.717, 1.165) is 38.3 Å². The molecule has 0 saturated carbocycles. The minimum Gasteiger partial charge on any atom is -0.508 e. The lowest BCUT2D eigenvalue weighted by Crippen LogP contribution is -2.22. The summed E-state index contributed by atoms with van der Waals surface area (Å²) >= 11 is 12.2. The Bertz CT molecular complexity index is 859. The van der Waals surface area contributed by atoms with Crippen LogP contribution < -0.4 is 5.32 Å². The number of unbranched alkanes of at least 4 members (excludes halogenated alkanes) is 2. The predicted octanol–water partition coefficient (Wildman–Crippen LogP) is 4.31. The van der Waals surface area contributed by atoms with Gasteiger partial charge < -0.3 is 35.2 Å². The largest absolute Gasteiger partial charge is 0.508 e. The molecule has 0 aliphatic rings. The van der Waals surface area contributed by atoms with Crippen LogP contribution in [0.2, 0.25) is 10.0 Å². The Morgan fingerprint density at radius 2 is 1.69 bits per heavy atom. The fourth-order valence-corrected chi connectivity index (χ4v) is 3.50. The molecule has 0 fully saturated rings. The lowest BCUT2D eigenvalue weighted by molar-refractivity contribution is -0.134. The monoisotopic (exact) mass is 531 g/mol. The Morgan fingerprint density at radius 1 is 1.03 bits per heavy atom. The molecule has 0 spiro atoms. The summed E-state index contributed by atoms with van der Waals surface area (Å²) in [4.78, 5) is 9.00. The smallest absolute Gasteiger partial charge is 0.300 e. The first-order valence-corrected chi connectivity index (χ1v) is 12.1. The van der Waals surface area contributed by atoms with Crippen LogP contribution in [0.15, 0.2) is 36.4 Å². The van der Waals surface area contributed by atoms with E-state index in [0.29, 0.717) is 54.1 Å². The van der Waals surface area contributed by atoms with E-state index in [9.17, 15) is 15.3 Å². The highest BCUT2D eigenvalue weighted by atomic mass is 35.5. The van der Waals surface area contributed by atoms with Crippen molar-refractivity contribution in [3.63, 3.8) is 0 Å². The van der Waals surface area contributed by atoms with Crippen LogP contribution in [-0.4, -0.2) is 59.3 Å². The van der Waals surface area contributed by atoms with Crippen molar-refractivity contribution in [1.29, 1.82) is 0 Å². The van der Waals surface area contributed by atoms with Gasteiger partial charge in [0, 0.05) is 41.2 Å². The maximum absolute atomic E-state index is 10.2. The second kappa shape index (κ2) is 18.4. The number of hydrogen-bond acceptors (Lipinski definition) is 7. The molecule has 5 N–H and O–H groups in total. The second-order valence-electron chi connectivity index (χ2n) is 7.71. The molecule has 0 radical (unpaired) electrons. The minimum atomic E-state index is -0.833. The third-order valence-corrected chi connectivity index (χ3v) is 5.53. The number of carbonyl (C=O) groups is 1. The molecule has 0 amide bonds. The van der Waals surface area contributed by atoms with Gasteiger partial charge in [-0.1, -0.05) is 35.3 Å². The van der Waals surface area contributed by atoms with Crippen molar-refractivity contribution in [2.24, 2.45) is 0 Å². The molecule has 10 heteroatoms. The number of aliphatic hydroxyl groups excluding tert-OH is 2. The van der Waals surface area contributed by atoms with E-state index >= 15 is 0 Å². The average molecular weight is 532 g/mol. The van der Waals surface area contributed by atoms with Gasteiger partial charge >= 0.3 is 0 Å². The molecule has 1 atom stereocenters. The van der Waals surface area contributed by atoms with Gasteiger partial charge in [-0.3, -0.25) is 4.79 Å². The van der Waals surface area contributed by atoms with Crippen molar-refractivity contribution >= 4 is 29.2 Å². The molecule has 35 heavy (non-hydrogen) atoms. The highest BCUT2D eigenvalue weighted by Crippen LogP contribution is 2.25. The molecule has 2 aromatic rings. The third kappa shape index (κ3) is 13.7. The van der Waals surface area contributed by atoms with E-state index in [2.05, 4.69) is 5.32 Å². The first-order valence-electron chi connectivity index (χ1n) is 11.4. The Labute approximate surface area is 216 Å². The third-order valence-electron chi connectivity index (χ3n) is 4.82. The van der Waals surface area contributed by atoms with Crippen LogP contribution in [0.1, 0.15) is 49.0 Å². The van der Waals surface area contributed by atoms with Crippen molar-refractivity contribution in [2.75, 3.05) is 32.9 Å². The standard InChI is InChI=1S/C23H31Cl2NO5.C2H4O2/c24-20-5-4-6-21(25)19(20)16-31-12-11-30-10-3-1-2-9-26-14-23(29)17-7-8-22(28)18(13-17)15-27;1-2(3)4/h4-8,13,23,26-29H,1-3,9-12,14-16H2;1H3,(H,3,4)/t23-;/m0./s1. The van der Waals surface area contributed by atoms with Crippen molar-refractivity contribution < 1.29 is 34.7 Å². The number of aromatic hydroxyl groups is 1. The zero-order valence-electron chi connectivity index (χ0n) is 19.9. The van der Waals surface area contributed by atoms with Gasteiger partial charge in [-0.15, -0.1) is 0 Å². The summed E-state index contributed by atoms with van der Waals surface area (Å²) in [6.07, 6.45) is 2.27. The number of aliphatic hydroxyl groups is 2. The van der Waals surface area contributed by atoms with Crippen molar-refractivity contribution in [3.05, 3.63) is 63.1 Å². The number of carboxylic acid groups (broad SMARTS) is 1. The molecule has 0 aromatic heterocycles. The highest BCUT2D eigenvalue weighted by Gasteiger charge is 2.10. The Morgan fingerprint density at radius 3 is 2.34 bits per heavy atom. The molecule has 0 aliphatic carbocycles. The average Bonchev–Trinajstić information content (AvgIpc) is 2.81. The fraction of sp³-hybridized carbons (Fsp3) is 0.480. The predicted molar refractivity (Wildman–Crippen MR) is 136 cm³/mol. The van der Waals surface area contributed by atoms with Crippen molar-refractivity contribution in [3.8, 4) is 5.75 Å². The Hall–Kier alpha value is -1.91. The maximum Gasteiger partial charge on any atom is 0.300 e. The number of nitrogens with one attached hydrogen (secondary N) is 1. The van der Waals surface area contributed by atoms with Crippen LogP contribution >= 0.6 is 23.2 Å². The molecule has 0 saturated heterocycles. The van der Waals surface area contributed by atoms with Crippen LogP contribution in [0.25, 0.3) is 0 Å². The Kier molecular flexibility index (Phi) is 16.3. The van der Waals surface area contributed by atoms with Gasteiger partial charge in [-0.2, -0.15) is 0 Å². The summed E-state index contributed by atoms with van der Waals surface area (Å²) in [6, 6.07) is 10.1. The summed E-state index contributed by atoms with van der Waals surface area (Å²) in [7, 11) is 0. The molecule has 0 heterocycles. The summed E-state index contributed by atoms with van der Waals surface area (Å²) in [5.41, 5.74) is 1.87. The molecular weight excluding hydrogens is 497 g/mol. The molecule has 0 aliphatic heterocycles. The van der Waals surface area contributed by atoms with E-state index in [4.69, 9.17) is 42.6 Å². The molecule has 8 nitrogen and oxygen atoms in total. The van der Waals surface area contributed by atoms with Gasteiger partial charge in [0.1, 0.15) is 5.75 Å². The maximum atomic E-state index is 10.2. The topological polar surface area (TPSA) is 128 Å². The van der Waals surface area contributed by atoms with Crippen LogP contribution in [0.4, 0.5) is 0 Å². The van der Waals surface area contributed by atoms with Gasteiger partial charge in [0.05, 0.1) is 32.5 Å². The van der Waals surface area contributed by atoms with Crippen LogP contribution in [0.5, 0.6) is 5.75 Å². The van der Waals surface area contributed by atoms with Gasteiger partial charge in [0.25, 0.3) is 5.97 Å². The first kappa shape index (κ1) is 31.1. The minimum absolute atomic E-state index is 0.0326. The lowest BCUT2D eigenvalue weighted by Gasteiger charge is -2.14. The number of ether oxygens (including phenoxy) is 2. The summed E-state index contributed by atoms with van der Waals surface area (Å²) < 4.78 is 11.1. The van der Waals surface area contributed by atoms with Crippen molar-refractivity contribution in [1.82, 2.24) is 5.32 Å². The highest BCUT2D eigenvalue weighted by molar-refractivity contribution is 6.35. The van der Waals surface area contributed by atoms with Crippen LogP contribution in [0, 0.1) is 0 Å². The summed E-state index contributed by atoms with van der Waals surface area (Å²) in [5.74, 6) is -0.801. The number of phenols is 1. The Balaban J connectivity index is 0.00000142. The normalized spacial score (nSPS) is 11.6. The van der Waals surface area contributed by atoms with E-state index in [1.807, 2.05) is 0 Å². The van der Waals surface area contributed by atoms with Crippen LogP contribution in [-0.2, 0) is 27.5 Å². The van der Waals surface area contributed by atoms with Gasteiger partial charge in [-0.25, -0.2) is 0 Å². The lowest BCUT2D eigenvalue weighted by atomic mass is 10.1. The van der Waals surface area contributed by atoms with E-state index in [1.165, 1.54) is 6.07 Å². The first-order chi connectivity index (χ1) is 16.8. The molecule has 0 bridgehead atoms. The number of aliphatic carboxylic acids is 1. The number of benzene rings is 2. The van der Waals surface area contributed by atoms with E-state index in [1.54, 1.807) is 30.3 Å². The number of halogens is 2. The molecule has 0 unspecified atom stereocenters. The molecule has 2 aromatic carbocycles. The quantitative estimate of drug-likeness (QED) is 0.215. The van der Waals surface area contributed by atoms with E-state index < -0.39 is 12.1 Å². The summed E-state index contributed by atoms with van der Waals surface area (Å²) in [6.45, 7) is 4.08.